The van der Waals surface area contributed by atoms with Gasteiger partial charge in [-0.2, -0.15) is 0 Å². The third kappa shape index (κ3) is 6.62. The zero-order valence-electron chi connectivity index (χ0n) is 20.9. The molecule has 0 spiro atoms. The second kappa shape index (κ2) is 13.2. The van der Waals surface area contributed by atoms with Crippen LogP contribution in [0.1, 0.15) is 5.69 Å². The van der Waals surface area contributed by atoms with Crippen molar-refractivity contribution in [2.75, 3.05) is 31.8 Å². The van der Waals surface area contributed by atoms with Crippen LogP contribution in [-0.2, 0) is 40.5 Å². The molecule has 0 bridgehead atoms. The number of ether oxygens (including phenoxy) is 2. The highest BCUT2D eigenvalue weighted by Crippen LogP contribution is 2.42. The summed E-state index contributed by atoms with van der Waals surface area (Å²) in [7, 11) is 2.86. The first kappa shape index (κ1) is 29.5. The number of rotatable bonds is 12. The number of thiazole rings is 1. The van der Waals surface area contributed by atoms with Gasteiger partial charge in [0.2, 0.25) is 11.8 Å². The normalized spacial score (nSPS) is 18.5. The minimum atomic E-state index is -0.982. The molecule has 212 valence electrons. The number of hydrogen-bond acceptors (Lipinski definition) is 15. The summed E-state index contributed by atoms with van der Waals surface area (Å²) in [5.41, 5.74) is 2.13. The predicted molar refractivity (Wildman–Crippen MR) is 144 cm³/mol. The van der Waals surface area contributed by atoms with Gasteiger partial charge >= 0.3 is 11.9 Å². The molecule has 15 nitrogen and oxygen atoms in total. The zero-order valence-corrected chi connectivity index (χ0v) is 24.1. The number of halogens is 1. The van der Waals surface area contributed by atoms with Gasteiger partial charge in [0.1, 0.15) is 29.4 Å². The fourth-order valence-corrected chi connectivity index (χ4v) is 6.37. The largest absolute Gasteiger partial charge is 0.466 e. The number of carbonyl (C=O) groups excluding carboxylic acids is 4. The SMILES string of the molecule is C=C(Cl)COC(=O)C1=C(CSc2nnnn2C)CS[C@@H]2C(NC(=O)/C(=N\OCC(=O)OC)c3cscn3)C(=O)N12. The number of aromatic nitrogens is 5. The Balaban J connectivity index is 1.52. The number of thioether (sulfide) groups is 2. The van der Waals surface area contributed by atoms with Crippen LogP contribution in [0.3, 0.4) is 0 Å². The number of tetrazole rings is 1. The maximum absolute atomic E-state index is 13.3. The lowest BCUT2D eigenvalue weighted by atomic mass is 10.0. The van der Waals surface area contributed by atoms with Crippen molar-refractivity contribution in [3.8, 4) is 0 Å². The summed E-state index contributed by atoms with van der Waals surface area (Å²) in [6.07, 6.45) is 0. The van der Waals surface area contributed by atoms with Gasteiger partial charge in [-0.1, -0.05) is 35.1 Å². The second-order valence-electron chi connectivity index (χ2n) is 7.94. The molecule has 1 unspecified atom stereocenters. The minimum Gasteiger partial charge on any atom is -0.466 e. The zero-order chi connectivity index (χ0) is 28.8. The Hall–Kier alpha value is -3.48. The van der Waals surface area contributed by atoms with Gasteiger partial charge in [-0.25, -0.2) is 19.3 Å². The standard InChI is InChI=1S/C21H21ClN8O7S3/c1-10(22)4-36-20(34)16-11(7-40-21-25-27-28-29(21)2)6-39-19-15(18(33)30(16)19)24-17(32)14(12-8-38-9-23-12)26-37-5-13(31)35-3/h8-9,15,19H,1,4-7H2,2-3H3,(H,24,32)/b26-14-/t15?,19-/m1/s1. The van der Waals surface area contributed by atoms with E-state index in [1.165, 1.54) is 57.1 Å². The molecule has 2 aliphatic heterocycles. The fourth-order valence-electron chi connectivity index (χ4n) is 3.44. The Morgan fingerprint density at radius 1 is 1.35 bits per heavy atom. The van der Waals surface area contributed by atoms with Crippen LogP contribution in [0.25, 0.3) is 0 Å². The Morgan fingerprint density at radius 2 is 2.15 bits per heavy atom. The van der Waals surface area contributed by atoms with Crippen molar-refractivity contribution in [2.45, 2.75) is 16.6 Å². The molecule has 0 saturated carbocycles. The highest BCUT2D eigenvalue weighted by Gasteiger charge is 2.54. The summed E-state index contributed by atoms with van der Waals surface area (Å²) in [5.74, 6) is -2.06. The van der Waals surface area contributed by atoms with Crippen molar-refractivity contribution in [1.29, 1.82) is 0 Å². The number of oxime groups is 1. The Kier molecular flexibility index (Phi) is 9.77. The molecule has 2 amide bonds. The summed E-state index contributed by atoms with van der Waals surface area (Å²) in [6, 6.07) is -0.982. The summed E-state index contributed by atoms with van der Waals surface area (Å²) in [4.78, 5) is 61.1. The molecule has 4 heterocycles. The Morgan fingerprint density at radius 3 is 2.80 bits per heavy atom. The number of hydrogen-bond donors (Lipinski definition) is 1. The molecular weight excluding hydrogens is 608 g/mol. The van der Waals surface area contributed by atoms with Crippen molar-refractivity contribution in [2.24, 2.45) is 12.2 Å². The molecule has 2 aliphatic rings. The number of β-lactam (4-membered cyclic amide) rings is 1. The molecule has 0 aliphatic carbocycles. The number of esters is 2. The first-order valence-corrected chi connectivity index (χ1v) is 14.5. The summed E-state index contributed by atoms with van der Waals surface area (Å²) < 4.78 is 11.2. The monoisotopic (exact) mass is 628 g/mol. The first-order valence-electron chi connectivity index (χ1n) is 11.2. The lowest BCUT2D eigenvalue weighted by Crippen LogP contribution is -2.71. The number of nitrogens with zero attached hydrogens (tertiary/aromatic N) is 7. The quantitative estimate of drug-likeness (QED) is 0.112. The smallest absolute Gasteiger partial charge is 0.355 e. The van der Waals surface area contributed by atoms with E-state index >= 15 is 0 Å². The second-order valence-corrected chi connectivity index (χ2v) is 11.2. The highest BCUT2D eigenvalue weighted by molar-refractivity contribution is 8.01. The van der Waals surface area contributed by atoms with Crippen molar-refractivity contribution in [3.63, 3.8) is 0 Å². The molecule has 2 aromatic rings. The van der Waals surface area contributed by atoms with Gasteiger partial charge in [-0.3, -0.25) is 14.5 Å². The summed E-state index contributed by atoms with van der Waals surface area (Å²) >= 11 is 9.63. The molecule has 1 fully saturated rings. The number of nitrogens with one attached hydrogen (secondary N) is 1. The Labute approximate surface area is 244 Å². The van der Waals surface area contributed by atoms with Crippen LogP contribution in [0.2, 0.25) is 0 Å². The molecule has 0 radical (unpaired) electrons. The van der Waals surface area contributed by atoms with Gasteiger partial charge in [0.05, 0.1) is 12.6 Å². The minimum absolute atomic E-state index is 0.0644. The van der Waals surface area contributed by atoms with Gasteiger partial charge in [-0.15, -0.1) is 28.2 Å². The molecule has 40 heavy (non-hydrogen) atoms. The van der Waals surface area contributed by atoms with E-state index in [1.807, 2.05) is 0 Å². The number of methoxy groups -OCH3 is 1. The number of carbonyl (C=O) groups is 4. The fraction of sp³-hybridized carbons (Fsp3) is 0.381. The van der Waals surface area contributed by atoms with E-state index in [9.17, 15) is 19.2 Å². The predicted octanol–water partition coefficient (Wildman–Crippen LogP) is 0.302. The van der Waals surface area contributed by atoms with E-state index in [1.54, 1.807) is 12.4 Å². The average molecular weight is 629 g/mol. The van der Waals surface area contributed by atoms with E-state index in [2.05, 4.69) is 42.3 Å². The van der Waals surface area contributed by atoms with Gasteiger partial charge in [0.15, 0.2) is 5.71 Å². The molecule has 0 aromatic carbocycles. The molecular formula is C21H21ClN8O7S3. The van der Waals surface area contributed by atoms with Gasteiger partial charge in [0, 0.05) is 29.0 Å². The third-order valence-electron chi connectivity index (χ3n) is 5.30. The highest BCUT2D eigenvalue weighted by atomic mass is 35.5. The topological polar surface area (TPSA) is 180 Å². The number of fused-ring (bicyclic) bond motifs is 1. The van der Waals surface area contributed by atoms with E-state index in [-0.39, 0.29) is 28.7 Å². The van der Waals surface area contributed by atoms with Gasteiger partial charge < -0.3 is 19.6 Å². The maximum atomic E-state index is 13.3. The molecule has 1 N–H and O–H groups in total. The third-order valence-corrected chi connectivity index (χ3v) is 8.43. The Bertz CT molecular complexity index is 1380. The van der Waals surface area contributed by atoms with Crippen LogP contribution in [0.4, 0.5) is 0 Å². The van der Waals surface area contributed by atoms with Crippen molar-refractivity contribution < 1.29 is 33.5 Å². The molecule has 4 rings (SSSR count). The molecule has 1 saturated heterocycles. The summed E-state index contributed by atoms with van der Waals surface area (Å²) in [5, 5.41) is 19.3. The van der Waals surface area contributed by atoms with Crippen LogP contribution in [0, 0.1) is 0 Å². The lowest BCUT2D eigenvalue weighted by Gasteiger charge is -2.49. The van der Waals surface area contributed by atoms with E-state index < -0.39 is 41.8 Å². The maximum Gasteiger partial charge on any atom is 0.355 e. The van der Waals surface area contributed by atoms with E-state index in [0.717, 1.165) is 0 Å². The van der Waals surface area contributed by atoms with Crippen molar-refractivity contribution in [3.05, 3.63) is 39.5 Å². The van der Waals surface area contributed by atoms with Crippen molar-refractivity contribution in [1.82, 2.24) is 35.4 Å². The molecule has 2 aromatic heterocycles. The van der Waals surface area contributed by atoms with Gasteiger partial charge in [-0.05, 0) is 16.0 Å². The average Bonchev–Trinajstić information content (AvgIpc) is 3.62. The van der Waals surface area contributed by atoms with Crippen LogP contribution >= 0.6 is 46.5 Å². The van der Waals surface area contributed by atoms with Crippen LogP contribution in [0.5, 0.6) is 0 Å². The van der Waals surface area contributed by atoms with Crippen molar-refractivity contribution >= 4 is 75.9 Å². The van der Waals surface area contributed by atoms with E-state index in [0.29, 0.717) is 22.2 Å². The summed E-state index contributed by atoms with van der Waals surface area (Å²) in [6.45, 7) is 2.75. The number of aryl methyl sites for hydroxylation is 1. The van der Waals surface area contributed by atoms with Crippen LogP contribution < -0.4 is 5.32 Å². The van der Waals surface area contributed by atoms with Crippen LogP contribution in [0.15, 0.2) is 44.1 Å². The first-order chi connectivity index (χ1) is 19.2. The van der Waals surface area contributed by atoms with Gasteiger partial charge in [0.25, 0.3) is 11.8 Å². The van der Waals surface area contributed by atoms with E-state index in [4.69, 9.17) is 21.2 Å². The molecule has 2 atom stereocenters. The molecule has 19 heteroatoms. The lowest BCUT2D eigenvalue weighted by molar-refractivity contribution is -0.152. The van der Waals surface area contributed by atoms with Crippen LogP contribution in [-0.4, -0.2) is 103 Å². The number of amides is 2.